The molecule has 2 aromatic rings. The Morgan fingerprint density at radius 2 is 1.81 bits per heavy atom. The van der Waals surface area contributed by atoms with Crippen LogP contribution in [0.4, 0.5) is 4.39 Å². The van der Waals surface area contributed by atoms with E-state index in [9.17, 15) is 4.39 Å². The second-order valence-electron chi connectivity index (χ2n) is 4.39. The van der Waals surface area contributed by atoms with Gasteiger partial charge in [-0.2, -0.15) is 0 Å². The van der Waals surface area contributed by atoms with Crippen molar-refractivity contribution in [2.45, 2.75) is 13.2 Å². The number of para-hydroxylation sites is 1. The van der Waals surface area contributed by atoms with Crippen LogP contribution in [0.2, 0.25) is 0 Å². The van der Waals surface area contributed by atoms with Gasteiger partial charge in [0.1, 0.15) is 12.4 Å². The van der Waals surface area contributed by atoms with Gasteiger partial charge in [-0.25, -0.2) is 4.39 Å². The number of hydrogen-bond donors (Lipinski definition) is 1. The van der Waals surface area contributed by atoms with Crippen molar-refractivity contribution in [1.29, 1.82) is 0 Å². The number of hydrogen-bond acceptors (Lipinski definition) is 3. The SMILES string of the molecule is CNCc1cccc(OC)c1OCc1ccc(F)cc1.Cl. The molecule has 5 heteroatoms. The minimum atomic E-state index is -0.248. The average molecular weight is 312 g/mol. The first-order valence-corrected chi connectivity index (χ1v) is 6.42. The molecule has 1 N–H and O–H groups in total. The summed E-state index contributed by atoms with van der Waals surface area (Å²) in [6, 6.07) is 12.0. The topological polar surface area (TPSA) is 30.5 Å². The fourth-order valence-electron chi connectivity index (χ4n) is 1.95. The van der Waals surface area contributed by atoms with Crippen LogP contribution in [0.25, 0.3) is 0 Å². The first-order valence-electron chi connectivity index (χ1n) is 6.42. The molecule has 0 amide bonds. The van der Waals surface area contributed by atoms with E-state index < -0.39 is 0 Å². The second kappa shape index (κ2) is 8.49. The molecule has 0 atom stereocenters. The van der Waals surface area contributed by atoms with E-state index in [0.29, 0.717) is 24.7 Å². The van der Waals surface area contributed by atoms with Gasteiger partial charge >= 0.3 is 0 Å². The predicted molar refractivity (Wildman–Crippen MR) is 83.7 cm³/mol. The summed E-state index contributed by atoms with van der Waals surface area (Å²) in [7, 11) is 3.49. The molecule has 0 saturated carbocycles. The minimum Gasteiger partial charge on any atom is -0.493 e. The lowest BCUT2D eigenvalue weighted by Gasteiger charge is -2.15. The third-order valence-electron chi connectivity index (χ3n) is 2.94. The first-order chi connectivity index (χ1) is 9.74. The Bertz CT molecular complexity index is 561. The molecule has 0 bridgehead atoms. The summed E-state index contributed by atoms with van der Waals surface area (Å²) in [4.78, 5) is 0. The highest BCUT2D eigenvalue weighted by atomic mass is 35.5. The van der Waals surface area contributed by atoms with Crippen LogP contribution in [0.1, 0.15) is 11.1 Å². The van der Waals surface area contributed by atoms with Gasteiger partial charge in [0.2, 0.25) is 0 Å². The molecule has 0 spiro atoms. The molecule has 21 heavy (non-hydrogen) atoms. The highest BCUT2D eigenvalue weighted by Gasteiger charge is 2.10. The molecule has 0 aliphatic rings. The van der Waals surface area contributed by atoms with Crippen LogP contribution in [0.5, 0.6) is 11.5 Å². The Balaban J connectivity index is 0.00000220. The van der Waals surface area contributed by atoms with E-state index in [-0.39, 0.29) is 18.2 Å². The fraction of sp³-hybridized carbons (Fsp3) is 0.250. The number of methoxy groups -OCH3 is 1. The molecule has 114 valence electrons. The van der Waals surface area contributed by atoms with E-state index in [2.05, 4.69) is 5.32 Å². The summed E-state index contributed by atoms with van der Waals surface area (Å²) in [6.45, 7) is 1.06. The van der Waals surface area contributed by atoms with Crippen LogP contribution in [0.3, 0.4) is 0 Å². The molecule has 0 aliphatic carbocycles. The lowest BCUT2D eigenvalue weighted by Crippen LogP contribution is -2.08. The second-order valence-corrected chi connectivity index (χ2v) is 4.39. The average Bonchev–Trinajstić information content (AvgIpc) is 2.47. The minimum absolute atomic E-state index is 0. The smallest absolute Gasteiger partial charge is 0.166 e. The van der Waals surface area contributed by atoms with Crippen LogP contribution in [-0.2, 0) is 13.2 Å². The van der Waals surface area contributed by atoms with Crippen LogP contribution in [-0.4, -0.2) is 14.2 Å². The molecule has 0 unspecified atom stereocenters. The molecule has 0 saturated heterocycles. The van der Waals surface area contributed by atoms with Gasteiger partial charge in [-0.15, -0.1) is 12.4 Å². The Hall–Kier alpha value is -1.78. The number of nitrogens with one attached hydrogen (secondary N) is 1. The van der Waals surface area contributed by atoms with Crippen LogP contribution >= 0.6 is 12.4 Å². The Labute approximate surface area is 130 Å². The monoisotopic (exact) mass is 311 g/mol. The molecule has 0 radical (unpaired) electrons. The molecule has 3 nitrogen and oxygen atoms in total. The first kappa shape index (κ1) is 17.3. The van der Waals surface area contributed by atoms with Crippen molar-refractivity contribution in [3.8, 4) is 11.5 Å². The molecule has 0 heterocycles. The van der Waals surface area contributed by atoms with Gasteiger partial charge in [-0.3, -0.25) is 0 Å². The van der Waals surface area contributed by atoms with E-state index in [1.54, 1.807) is 19.2 Å². The maximum atomic E-state index is 12.9. The predicted octanol–water partition coefficient (Wildman–Crippen LogP) is 3.55. The summed E-state index contributed by atoms with van der Waals surface area (Å²) in [5, 5.41) is 3.10. The molecular formula is C16H19ClFNO2. The van der Waals surface area contributed by atoms with E-state index in [1.807, 2.05) is 25.2 Å². The van der Waals surface area contributed by atoms with E-state index in [0.717, 1.165) is 11.1 Å². The Morgan fingerprint density at radius 1 is 1.10 bits per heavy atom. The zero-order valence-electron chi connectivity index (χ0n) is 12.1. The van der Waals surface area contributed by atoms with Gasteiger partial charge in [-0.05, 0) is 30.8 Å². The zero-order valence-corrected chi connectivity index (χ0v) is 12.9. The lowest BCUT2D eigenvalue weighted by atomic mass is 10.1. The Morgan fingerprint density at radius 3 is 2.43 bits per heavy atom. The lowest BCUT2D eigenvalue weighted by molar-refractivity contribution is 0.281. The van der Waals surface area contributed by atoms with Crippen LogP contribution in [0.15, 0.2) is 42.5 Å². The van der Waals surface area contributed by atoms with Gasteiger partial charge in [0, 0.05) is 12.1 Å². The van der Waals surface area contributed by atoms with Crippen LogP contribution in [0, 0.1) is 5.82 Å². The van der Waals surface area contributed by atoms with Crippen LogP contribution < -0.4 is 14.8 Å². The maximum Gasteiger partial charge on any atom is 0.166 e. The summed E-state index contributed by atoms with van der Waals surface area (Å²) in [5.41, 5.74) is 1.93. The molecule has 0 fully saturated rings. The van der Waals surface area contributed by atoms with E-state index >= 15 is 0 Å². The van der Waals surface area contributed by atoms with Crippen molar-refractivity contribution >= 4 is 12.4 Å². The summed E-state index contributed by atoms with van der Waals surface area (Å²) in [6.07, 6.45) is 0. The third-order valence-corrected chi connectivity index (χ3v) is 2.94. The van der Waals surface area contributed by atoms with Crippen molar-refractivity contribution < 1.29 is 13.9 Å². The van der Waals surface area contributed by atoms with E-state index in [4.69, 9.17) is 9.47 Å². The van der Waals surface area contributed by atoms with E-state index in [1.165, 1.54) is 12.1 Å². The maximum absolute atomic E-state index is 12.9. The van der Waals surface area contributed by atoms with Crippen molar-refractivity contribution in [3.63, 3.8) is 0 Å². The van der Waals surface area contributed by atoms with Gasteiger partial charge in [-0.1, -0.05) is 24.3 Å². The fourth-order valence-corrected chi connectivity index (χ4v) is 1.95. The summed E-state index contributed by atoms with van der Waals surface area (Å²) < 4.78 is 24.0. The standard InChI is InChI=1S/C16H18FNO2.ClH/c1-18-10-13-4-3-5-15(19-2)16(13)20-11-12-6-8-14(17)9-7-12;/h3-9,18H,10-11H2,1-2H3;1H. The van der Waals surface area contributed by atoms with Crippen molar-refractivity contribution in [1.82, 2.24) is 5.32 Å². The Kier molecular flexibility index (Phi) is 6.99. The number of rotatable bonds is 6. The highest BCUT2D eigenvalue weighted by Crippen LogP contribution is 2.31. The highest BCUT2D eigenvalue weighted by molar-refractivity contribution is 5.85. The molecule has 0 aromatic heterocycles. The van der Waals surface area contributed by atoms with Crippen molar-refractivity contribution in [3.05, 3.63) is 59.4 Å². The zero-order chi connectivity index (χ0) is 14.4. The van der Waals surface area contributed by atoms with Gasteiger partial charge in [0.05, 0.1) is 7.11 Å². The normalized spacial score (nSPS) is 9.86. The summed E-state index contributed by atoms with van der Waals surface area (Å²) in [5.74, 6) is 1.16. The molecule has 2 aromatic carbocycles. The van der Waals surface area contributed by atoms with Crippen molar-refractivity contribution in [2.24, 2.45) is 0 Å². The third kappa shape index (κ3) is 4.62. The molecular weight excluding hydrogens is 293 g/mol. The van der Waals surface area contributed by atoms with Crippen molar-refractivity contribution in [2.75, 3.05) is 14.2 Å². The number of benzene rings is 2. The number of halogens is 2. The van der Waals surface area contributed by atoms with Gasteiger partial charge < -0.3 is 14.8 Å². The largest absolute Gasteiger partial charge is 0.493 e. The molecule has 0 aliphatic heterocycles. The number of ether oxygens (including phenoxy) is 2. The van der Waals surface area contributed by atoms with Gasteiger partial charge in [0.25, 0.3) is 0 Å². The summed E-state index contributed by atoms with van der Waals surface area (Å²) >= 11 is 0. The van der Waals surface area contributed by atoms with Gasteiger partial charge in [0.15, 0.2) is 11.5 Å². The molecule has 2 rings (SSSR count). The quantitative estimate of drug-likeness (QED) is 0.885.